The molecule has 7 heteroatoms. The van der Waals surface area contributed by atoms with Crippen LogP contribution in [0.5, 0.6) is 5.88 Å². The first kappa shape index (κ1) is 20.9. The van der Waals surface area contributed by atoms with Gasteiger partial charge in [-0.05, 0) is 42.9 Å². The third-order valence-corrected chi connectivity index (χ3v) is 6.88. The van der Waals surface area contributed by atoms with Crippen molar-refractivity contribution < 1.29 is 4.74 Å². The Bertz CT molecular complexity index is 1290. The Balaban J connectivity index is 1.56. The topological polar surface area (TPSA) is 65.7 Å². The van der Waals surface area contributed by atoms with E-state index in [2.05, 4.69) is 39.2 Å². The Kier molecular flexibility index (Phi) is 5.33. The van der Waals surface area contributed by atoms with Crippen molar-refractivity contribution in [1.29, 1.82) is 0 Å². The molecule has 0 radical (unpaired) electrons. The summed E-state index contributed by atoms with van der Waals surface area (Å²) in [5.74, 6) is 0.491. The first-order valence-electron chi connectivity index (χ1n) is 11.0. The molecule has 0 amide bonds. The number of rotatable bonds is 5. The monoisotopic (exact) mass is 447 g/mol. The van der Waals surface area contributed by atoms with Crippen molar-refractivity contribution in [2.24, 2.45) is 5.41 Å². The van der Waals surface area contributed by atoms with E-state index in [1.807, 2.05) is 37.4 Å². The van der Waals surface area contributed by atoms with Gasteiger partial charge < -0.3 is 4.74 Å². The van der Waals surface area contributed by atoms with Crippen molar-refractivity contribution in [3.63, 3.8) is 0 Å². The maximum Gasteiger partial charge on any atom is 0.233 e. The molecule has 1 aromatic carbocycles. The fraction of sp³-hybridized carbons (Fsp3) is 0.360. The molecule has 6 nitrogen and oxygen atoms in total. The highest BCUT2D eigenvalue weighted by molar-refractivity contribution is 6.30. The van der Waals surface area contributed by atoms with E-state index in [4.69, 9.17) is 21.3 Å². The zero-order chi connectivity index (χ0) is 22.3. The molecule has 1 aliphatic carbocycles. The molecule has 3 heterocycles. The summed E-state index contributed by atoms with van der Waals surface area (Å²) in [6.07, 6.45) is 9.20. The number of hydrogen-bond donors (Lipinski definition) is 0. The molecule has 0 spiro atoms. The molecule has 0 atom stereocenters. The predicted molar refractivity (Wildman–Crippen MR) is 127 cm³/mol. The van der Waals surface area contributed by atoms with Crippen molar-refractivity contribution in [3.05, 3.63) is 53.4 Å². The number of methoxy groups -OCH3 is 1. The molecule has 1 saturated carbocycles. The summed E-state index contributed by atoms with van der Waals surface area (Å²) in [5, 5.41) is 14.5. The summed E-state index contributed by atoms with van der Waals surface area (Å²) in [7, 11) is 1.59. The third kappa shape index (κ3) is 3.95. The summed E-state index contributed by atoms with van der Waals surface area (Å²) in [6, 6.07) is 9.99. The molecule has 4 aromatic rings. The highest BCUT2D eigenvalue weighted by Crippen LogP contribution is 2.39. The van der Waals surface area contributed by atoms with E-state index >= 15 is 0 Å². The molecule has 0 aliphatic heterocycles. The summed E-state index contributed by atoms with van der Waals surface area (Å²) in [4.78, 5) is 4.74. The van der Waals surface area contributed by atoms with Crippen LogP contribution < -0.4 is 4.74 Å². The molecule has 0 saturated heterocycles. The predicted octanol–water partition coefficient (Wildman–Crippen LogP) is 6.11. The smallest absolute Gasteiger partial charge is 0.233 e. The van der Waals surface area contributed by atoms with E-state index in [9.17, 15) is 0 Å². The molecular formula is C25H26ClN5O. The minimum absolute atomic E-state index is 0.332. The fourth-order valence-corrected chi connectivity index (χ4v) is 4.80. The van der Waals surface area contributed by atoms with Crippen LogP contribution in [0.25, 0.3) is 33.3 Å². The average Bonchev–Trinajstić information content (AvgIpc) is 3.43. The minimum Gasteiger partial charge on any atom is -0.480 e. The molecule has 3 aromatic heterocycles. The SMILES string of the molecule is COc1cc2ccc(-c3nc(Cl)c(C)cc3-c3cnn(CC4(C)CCCC4)c3)cc2nn1. The van der Waals surface area contributed by atoms with Gasteiger partial charge in [0.05, 0.1) is 24.5 Å². The lowest BCUT2D eigenvalue weighted by Gasteiger charge is -2.22. The summed E-state index contributed by atoms with van der Waals surface area (Å²) < 4.78 is 7.26. The van der Waals surface area contributed by atoms with Crippen molar-refractivity contribution in [2.75, 3.05) is 7.11 Å². The second kappa shape index (κ2) is 8.17. The van der Waals surface area contributed by atoms with Crippen LogP contribution in [0.15, 0.2) is 42.7 Å². The Morgan fingerprint density at radius 2 is 1.91 bits per heavy atom. The summed E-state index contributed by atoms with van der Waals surface area (Å²) >= 11 is 6.44. The van der Waals surface area contributed by atoms with Gasteiger partial charge in [-0.3, -0.25) is 4.68 Å². The quantitative estimate of drug-likeness (QED) is 0.345. The van der Waals surface area contributed by atoms with E-state index in [1.165, 1.54) is 25.7 Å². The molecule has 32 heavy (non-hydrogen) atoms. The van der Waals surface area contributed by atoms with Gasteiger partial charge in [0.25, 0.3) is 0 Å². The van der Waals surface area contributed by atoms with Crippen LogP contribution in [0.4, 0.5) is 0 Å². The number of nitrogens with zero attached hydrogens (tertiary/aromatic N) is 5. The highest BCUT2D eigenvalue weighted by atomic mass is 35.5. The fourth-order valence-electron chi connectivity index (χ4n) is 4.66. The van der Waals surface area contributed by atoms with Crippen LogP contribution in [-0.4, -0.2) is 32.1 Å². The second-order valence-electron chi connectivity index (χ2n) is 9.10. The second-order valence-corrected chi connectivity index (χ2v) is 9.45. The molecular weight excluding hydrogens is 422 g/mol. The Labute approximate surface area is 192 Å². The number of fused-ring (bicyclic) bond motifs is 1. The highest BCUT2D eigenvalue weighted by Gasteiger charge is 2.29. The van der Waals surface area contributed by atoms with Crippen molar-refractivity contribution >= 4 is 22.5 Å². The van der Waals surface area contributed by atoms with Crippen LogP contribution in [0.2, 0.25) is 5.15 Å². The number of pyridine rings is 1. The van der Waals surface area contributed by atoms with E-state index in [0.717, 1.165) is 45.4 Å². The standard InChI is InChI=1S/C25H26ClN5O/c1-16-10-20(19-13-27-31(14-19)15-25(2)8-4-5-9-25)23(28-24(16)26)18-7-6-17-12-22(32-3)30-29-21(17)11-18/h6-7,10-14H,4-5,8-9,15H2,1-3H3. The molecule has 164 valence electrons. The average molecular weight is 448 g/mol. The van der Waals surface area contributed by atoms with Crippen molar-refractivity contribution in [2.45, 2.75) is 46.1 Å². The normalized spacial score (nSPS) is 15.4. The zero-order valence-corrected chi connectivity index (χ0v) is 19.4. The van der Waals surface area contributed by atoms with Crippen LogP contribution in [0.3, 0.4) is 0 Å². The van der Waals surface area contributed by atoms with Crippen LogP contribution in [0.1, 0.15) is 38.2 Å². The molecule has 0 N–H and O–H groups in total. The van der Waals surface area contributed by atoms with Gasteiger partial charge in [0.2, 0.25) is 5.88 Å². The minimum atomic E-state index is 0.332. The van der Waals surface area contributed by atoms with Crippen LogP contribution in [-0.2, 0) is 6.54 Å². The summed E-state index contributed by atoms with van der Waals surface area (Å²) in [6.45, 7) is 5.28. The lowest BCUT2D eigenvalue weighted by Crippen LogP contribution is -2.19. The number of aromatic nitrogens is 5. The number of halogens is 1. The lowest BCUT2D eigenvalue weighted by molar-refractivity contribution is 0.268. The number of benzene rings is 1. The van der Waals surface area contributed by atoms with Gasteiger partial charge in [0.1, 0.15) is 5.15 Å². The van der Waals surface area contributed by atoms with E-state index in [0.29, 0.717) is 16.4 Å². The van der Waals surface area contributed by atoms with Gasteiger partial charge in [-0.2, -0.15) is 5.10 Å². The third-order valence-electron chi connectivity index (χ3n) is 6.50. The Morgan fingerprint density at radius 3 is 2.69 bits per heavy atom. The molecule has 0 bridgehead atoms. The Morgan fingerprint density at radius 1 is 1.09 bits per heavy atom. The summed E-state index contributed by atoms with van der Waals surface area (Å²) in [5.41, 5.74) is 5.84. The van der Waals surface area contributed by atoms with Crippen LogP contribution in [0, 0.1) is 12.3 Å². The van der Waals surface area contributed by atoms with Gasteiger partial charge in [0, 0.05) is 40.9 Å². The number of hydrogen-bond acceptors (Lipinski definition) is 5. The molecule has 0 unspecified atom stereocenters. The lowest BCUT2D eigenvalue weighted by atomic mass is 9.89. The first-order chi connectivity index (χ1) is 15.4. The molecule has 5 rings (SSSR count). The maximum absolute atomic E-state index is 6.44. The molecule has 1 aliphatic rings. The first-order valence-corrected chi connectivity index (χ1v) is 11.3. The maximum atomic E-state index is 6.44. The van der Waals surface area contributed by atoms with Crippen molar-refractivity contribution in [3.8, 4) is 28.3 Å². The van der Waals surface area contributed by atoms with Crippen LogP contribution >= 0.6 is 11.6 Å². The van der Waals surface area contributed by atoms with E-state index in [-0.39, 0.29) is 0 Å². The van der Waals surface area contributed by atoms with Gasteiger partial charge >= 0.3 is 0 Å². The van der Waals surface area contributed by atoms with E-state index < -0.39 is 0 Å². The number of ether oxygens (including phenoxy) is 1. The largest absolute Gasteiger partial charge is 0.480 e. The molecule has 1 fully saturated rings. The Hall–Kier alpha value is -2.99. The van der Waals surface area contributed by atoms with Gasteiger partial charge in [0.15, 0.2) is 0 Å². The number of aryl methyl sites for hydroxylation is 1. The zero-order valence-electron chi connectivity index (χ0n) is 18.6. The van der Waals surface area contributed by atoms with Gasteiger partial charge in [-0.1, -0.05) is 43.5 Å². The van der Waals surface area contributed by atoms with E-state index in [1.54, 1.807) is 7.11 Å². The van der Waals surface area contributed by atoms with Crippen molar-refractivity contribution in [1.82, 2.24) is 25.0 Å². The van der Waals surface area contributed by atoms with Gasteiger partial charge in [-0.25, -0.2) is 4.98 Å². The van der Waals surface area contributed by atoms with Gasteiger partial charge in [-0.15, -0.1) is 10.2 Å².